The predicted molar refractivity (Wildman–Crippen MR) is 106 cm³/mol. The van der Waals surface area contributed by atoms with Crippen LogP contribution in [0.4, 0.5) is 0 Å². The molecule has 1 N–H and O–H groups in total. The normalized spacial score (nSPS) is 11.8. The number of hydrogen-bond acceptors (Lipinski definition) is 5. The summed E-state index contributed by atoms with van der Waals surface area (Å²) in [5, 5.41) is 2.58. The zero-order chi connectivity index (χ0) is 20.7. The Morgan fingerprint density at radius 3 is 2.39 bits per heavy atom. The molecule has 0 radical (unpaired) electrons. The molecule has 6 nitrogen and oxygen atoms in total. The van der Waals surface area contributed by atoms with E-state index >= 15 is 0 Å². The third-order valence-corrected chi connectivity index (χ3v) is 3.92. The van der Waals surface area contributed by atoms with Gasteiger partial charge < -0.3 is 19.2 Å². The van der Waals surface area contributed by atoms with Crippen LogP contribution in [0, 0.1) is 0 Å². The van der Waals surface area contributed by atoms with Gasteiger partial charge in [-0.2, -0.15) is 0 Å². The second kappa shape index (κ2) is 9.26. The maximum absolute atomic E-state index is 12.2. The minimum Gasteiger partial charge on any atom is -0.486 e. The first kappa shape index (κ1) is 21.3. The first-order valence-corrected chi connectivity index (χ1v) is 9.17. The SMILES string of the molecule is CCOC(=O)/C=C(\C)NC(=O)c1ccc(COc2ccc(C(C)(C)C)cc2)o1. The van der Waals surface area contributed by atoms with Gasteiger partial charge in [0, 0.05) is 11.8 Å². The van der Waals surface area contributed by atoms with Gasteiger partial charge in [-0.1, -0.05) is 32.9 Å². The number of allylic oxidation sites excluding steroid dienone is 1. The first-order valence-electron chi connectivity index (χ1n) is 9.17. The molecule has 0 spiro atoms. The van der Waals surface area contributed by atoms with E-state index in [4.69, 9.17) is 13.9 Å². The first-order chi connectivity index (χ1) is 13.2. The quantitative estimate of drug-likeness (QED) is 0.566. The summed E-state index contributed by atoms with van der Waals surface area (Å²) in [4.78, 5) is 23.6. The molecule has 0 aliphatic carbocycles. The van der Waals surface area contributed by atoms with E-state index < -0.39 is 11.9 Å². The second-order valence-electron chi connectivity index (χ2n) is 7.36. The molecule has 0 aliphatic heterocycles. The molecule has 2 aromatic rings. The Labute approximate surface area is 165 Å². The number of rotatable bonds is 7. The Hall–Kier alpha value is -3.02. The molecule has 150 valence electrons. The van der Waals surface area contributed by atoms with Crippen molar-refractivity contribution in [3.63, 3.8) is 0 Å². The Kier molecular flexibility index (Phi) is 7.04. The van der Waals surface area contributed by atoms with E-state index in [0.29, 0.717) is 11.5 Å². The molecule has 0 saturated carbocycles. The number of furan rings is 1. The molecule has 1 aromatic heterocycles. The molecule has 1 aromatic carbocycles. The average Bonchev–Trinajstić information content (AvgIpc) is 3.08. The van der Waals surface area contributed by atoms with Gasteiger partial charge in [0.25, 0.3) is 5.91 Å². The highest BCUT2D eigenvalue weighted by Crippen LogP contribution is 2.24. The van der Waals surface area contributed by atoms with Crippen molar-refractivity contribution in [2.45, 2.75) is 46.6 Å². The molecular weight excluding hydrogens is 358 g/mol. The van der Waals surface area contributed by atoms with Crippen LogP contribution >= 0.6 is 0 Å². The summed E-state index contributed by atoms with van der Waals surface area (Å²) in [7, 11) is 0. The van der Waals surface area contributed by atoms with Crippen LogP contribution in [0.3, 0.4) is 0 Å². The van der Waals surface area contributed by atoms with E-state index in [1.54, 1.807) is 26.0 Å². The third-order valence-electron chi connectivity index (χ3n) is 3.92. The molecule has 28 heavy (non-hydrogen) atoms. The van der Waals surface area contributed by atoms with Gasteiger partial charge in [0.1, 0.15) is 18.1 Å². The van der Waals surface area contributed by atoms with Crippen LogP contribution in [0.2, 0.25) is 0 Å². The van der Waals surface area contributed by atoms with Crippen molar-refractivity contribution in [1.29, 1.82) is 0 Å². The maximum Gasteiger partial charge on any atom is 0.332 e. The molecular formula is C22H27NO5. The topological polar surface area (TPSA) is 77.8 Å². The zero-order valence-corrected chi connectivity index (χ0v) is 17.0. The molecule has 0 bridgehead atoms. The Balaban J connectivity index is 1.91. The van der Waals surface area contributed by atoms with Crippen LogP contribution in [-0.4, -0.2) is 18.5 Å². The minimum absolute atomic E-state index is 0.0850. The number of amides is 1. The van der Waals surface area contributed by atoms with Crippen LogP contribution in [0.1, 0.15) is 56.5 Å². The van der Waals surface area contributed by atoms with Crippen molar-refractivity contribution in [3.8, 4) is 5.75 Å². The summed E-state index contributed by atoms with van der Waals surface area (Å²) in [6.45, 7) is 10.3. The van der Waals surface area contributed by atoms with Crippen molar-refractivity contribution in [3.05, 3.63) is 65.3 Å². The van der Waals surface area contributed by atoms with Gasteiger partial charge in [0.2, 0.25) is 0 Å². The summed E-state index contributed by atoms with van der Waals surface area (Å²) in [6.07, 6.45) is 1.22. The van der Waals surface area contributed by atoms with E-state index in [0.717, 1.165) is 5.75 Å². The van der Waals surface area contributed by atoms with Crippen LogP contribution in [0.25, 0.3) is 0 Å². The van der Waals surface area contributed by atoms with E-state index in [9.17, 15) is 9.59 Å². The Bertz CT molecular complexity index is 841. The number of carbonyl (C=O) groups excluding carboxylic acids is 2. The predicted octanol–water partition coefficient (Wildman–Crippen LogP) is 4.35. The summed E-state index contributed by atoms with van der Waals surface area (Å²) in [6, 6.07) is 11.2. The number of carbonyl (C=O) groups is 2. The smallest absolute Gasteiger partial charge is 0.332 e. The number of esters is 1. The van der Waals surface area contributed by atoms with Gasteiger partial charge in [-0.15, -0.1) is 0 Å². The van der Waals surface area contributed by atoms with E-state index in [1.807, 2.05) is 24.3 Å². The number of nitrogens with one attached hydrogen (secondary N) is 1. The number of ether oxygens (including phenoxy) is 2. The van der Waals surface area contributed by atoms with E-state index in [-0.39, 0.29) is 24.4 Å². The van der Waals surface area contributed by atoms with Gasteiger partial charge in [-0.3, -0.25) is 4.79 Å². The fourth-order valence-electron chi connectivity index (χ4n) is 2.42. The summed E-state index contributed by atoms with van der Waals surface area (Å²) < 4.78 is 16.0. The maximum atomic E-state index is 12.2. The monoisotopic (exact) mass is 385 g/mol. The van der Waals surface area contributed by atoms with Crippen molar-refractivity contribution in [2.24, 2.45) is 0 Å². The second-order valence-corrected chi connectivity index (χ2v) is 7.36. The van der Waals surface area contributed by atoms with Crippen molar-refractivity contribution < 1.29 is 23.5 Å². The Morgan fingerprint density at radius 2 is 1.79 bits per heavy atom. The lowest BCUT2D eigenvalue weighted by atomic mass is 9.87. The van der Waals surface area contributed by atoms with Crippen LogP contribution in [0.5, 0.6) is 5.75 Å². The van der Waals surface area contributed by atoms with Crippen LogP contribution in [0.15, 0.2) is 52.6 Å². The highest BCUT2D eigenvalue weighted by Gasteiger charge is 2.14. The number of benzene rings is 1. The van der Waals surface area contributed by atoms with E-state index in [1.165, 1.54) is 11.6 Å². The standard InChI is InChI=1S/C22H27NO5/c1-6-26-20(24)13-15(2)23-21(25)19-12-11-18(28-19)14-27-17-9-7-16(8-10-17)22(3,4)5/h7-13H,6,14H2,1-5H3,(H,23,25)/b15-13+. The highest BCUT2D eigenvalue weighted by molar-refractivity contribution is 5.93. The summed E-state index contributed by atoms with van der Waals surface area (Å²) in [5.41, 5.74) is 1.68. The third kappa shape index (κ3) is 6.30. The van der Waals surface area contributed by atoms with Gasteiger partial charge in [-0.05, 0) is 49.1 Å². The molecule has 0 fully saturated rings. The summed E-state index contributed by atoms with van der Waals surface area (Å²) in [5.74, 6) is 0.434. The lowest BCUT2D eigenvalue weighted by Gasteiger charge is -2.19. The lowest BCUT2D eigenvalue weighted by molar-refractivity contribution is -0.137. The van der Waals surface area contributed by atoms with Crippen LogP contribution < -0.4 is 10.1 Å². The fourth-order valence-corrected chi connectivity index (χ4v) is 2.42. The van der Waals surface area contributed by atoms with Gasteiger partial charge in [0.15, 0.2) is 5.76 Å². The highest BCUT2D eigenvalue weighted by atomic mass is 16.5. The molecule has 0 saturated heterocycles. The minimum atomic E-state index is -0.508. The molecule has 1 amide bonds. The molecule has 1 heterocycles. The van der Waals surface area contributed by atoms with Gasteiger partial charge >= 0.3 is 5.97 Å². The lowest BCUT2D eigenvalue weighted by Crippen LogP contribution is -2.21. The summed E-state index contributed by atoms with van der Waals surface area (Å²) >= 11 is 0. The average molecular weight is 385 g/mol. The van der Waals surface area contributed by atoms with Crippen molar-refractivity contribution in [1.82, 2.24) is 5.32 Å². The van der Waals surface area contributed by atoms with Gasteiger partial charge in [0.05, 0.1) is 6.61 Å². The molecule has 0 aliphatic rings. The Morgan fingerprint density at radius 1 is 1.11 bits per heavy atom. The van der Waals surface area contributed by atoms with Gasteiger partial charge in [-0.25, -0.2) is 4.79 Å². The zero-order valence-electron chi connectivity index (χ0n) is 17.0. The molecule has 2 rings (SSSR count). The van der Waals surface area contributed by atoms with Crippen LogP contribution in [-0.2, 0) is 21.6 Å². The van der Waals surface area contributed by atoms with Crippen molar-refractivity contribution >= 4 is 11.9 Å². The number of hydrogen-bond donors (Lipinski definition) is 1. The molecule has 0 atom stereocenters. The molecule has 0 unspecified atom stereocenters. The largest absolute Gasteiger partial charge is 0.486 e. The van der Waals surface area contributed by atoms with E-state index in [2.05, 4.69) is 26.1 Å². The van der Waals surface area contributed by atoms with Crippen molar-refractivity contribution in [2.75, 3.05) is 6.61 Å². The fraction of sp³-hybridized carbons (Fsp3) is 0.364. The molecule has 6 heteroatoms.